The number of aromatic amines is 1. The second kappa shape index (κ2) is 5.63. The number of ketones is 1. The summed E-state index contributed by atoms with van der Waals surface area (Å²) in [6, 6.07) is 3.21. The number of methoxy groups -OCH3 is 1. The topological polar surface area (TPSA) is 68.1 Å². The van der Waals surface area contributed by atoms with Gasteiger partial charge < -0.3 is 15.5 Å². The molecule has 0 aliphatic rings. The monoisotopic (exact) mass is 280 g/mol. The minimum absolute atomic E-state index is 0.0494. The number of ether oxygens (including phenoxy) is 1. The van der Waals surface area contributed by atoms with Crippen LogP contribution in [-0.2, 0) is 11.2 Å². The van der Waals surface area contributed by atoms with Gasteiger partial charge in [-0.25, -0.2) is 0 Å². The quantitative estimate of drug-likeness (QED) is 0.885. The number of H-pyrrole nitrogens is 1. The Morgan fingerprint density at radius 1 is 1.53 bits per heavy atom. The van der Waals surface area contributed by atoms with E-state index in [1.54, 1.807) is 7.11 Å². The highest BCUT2D eigenvalue weighted by Crippen LogP contribution is 2.35. The molecule has 2 rings (SSSR count). The van der Waals surface area contributed by atoms with Crippen molar-refractivity contribution in [2.24, 2.45) is 5.73 Å². The normalized spacial score (nSPS) is 12.6. The molecule has 0 radical (unpaired) electrons. The molecule has 1 aromatic heterocycles. The van der Waals surface area contributed by atoms with E-state index in [4.69, 9.17) is 22.1 Å². The van der Waals surface area contributed by atoms with Gasteiger partial charge >= 0.3 is 0 Å². The van der Waals surface area contributed by atoms with Gasteiger partial charge in [0.15, 0.2) is 0 Å². The smallest absolute Gasteiger partial charge is 0.149 e. The molecule has 1 atom stereocenters. The van der Waals surface area contributed by atoms with Gasteiger partial charge in [-0.2, -0.15) is 0 Å². The number of fused-ring (bicyclic) bond motifs is 1. The van der Waals surface area contributed by atoms with E-state index in [2.05, 4.69) is 4.98 Å². The molecule has 2 aromatic rings. The lowest BCUT2D eigenvalue weighted by Crippen LogP contribution is -2.32. The average molecular weight is 281 g/mol. The number of halogens is 1. The van der Waals surface area contributed by atoms with Crippen molar-refractivity contribution in [2.45, 2.75) is 25.8 Å². The molecule has 0 spiro atoms. The summed E-state index contributed by atoms with van der Waals surface area (Å²) < 4.78 is 5.21. The molecule has 0 aliphatic carbocycles. The Balaban J connectivity index is 2.41. The van der Waals surface area contributed by atoms with Crippen LogP contribution in [0.4, 0.5) is 0 Å². The van der Waals surface area contributed by atoms with Gasteiger partial charge in [0, 0.05) is 23.5 Å². The summed E-state index contributed by atoms with van der Waals surface area (Å²) in [6.45, 7) is 1.81. The number of nitrogens with two attached hydrogens (primary N) is 1. The van der Waals surface area contributed by atoms with Gasteiger partial charge in [0.05, 0.1) is 18.2 Å². The molecule has 0 saturated carbocycles. The Kier molecular flexibility index (Phi) is 4.12. The van der Waals surface area contributed by atoms with E-state index in [1.807, 2.05) is 25.3 Å². The van der Waals surface area contributed by atoms with E-state index in [0.717, 1.165) is 16.5 Å². The van der Waals surface area contributed by atoms with Crippen LogP contribution in [0.5, 0.6) is 5.75 Å². The number of aromatic nitrogens is 1. The Labute approximate surface area is 116 Å². The molecule has 0 aliphatic heterocycles. The van der Waals surface area contributed by atoms with Crippen molar-refractivity contribution in [3.05, 3.63) is 28.9 Å². The molecule has 1 heterocycles. The van der Waals surface area contributed by atoms with Crippen LogP contribution in [0.1, 0.15) is 18.9 Å². The zero-order valence-corrected chi connectivity index (χ0v) is 11.8. The van der Waals surface area contributed by atoms with Crippen LogP contribution in [0, 0.1) is 0 Å². The van der Waals surface area contributed by atoms with Gasteiger partial charge in [-0.3, -0.25) is 4.79 Å². The van der Waals surface area contributed by atoms with E-state index >= 15 is 0 Å². The first kappa shape index (κ1) is 13.9. The summed E-state index contributed by atoms with van der Waals surface area (Å²) in [4.78, 5) is 14.7. The first-order valence-corrected chi connectivity index (χ1v) is 6.57. The molecule has 102 valence electrons. The molecule has 3 N–H and O–H groups in total. The summed E-state index contributed by atoms with van der Waals surface area (Å²) in [7, 11) is 1.58. The van der Waals surface area contributed by atoms with Crippen molar-refractivity contribution in [3.8, 4) is 5.75 Å². The number of benzene rings is 1. The summed E-state index contributed by atoms with van der Waals surface area (Å²) in [5.74, 6) is 0.666. The van der Waals surface area contributed by atoms with Crippen LogP contribution in [-0.4, -0.2) is 23.9 Å². The van der Waals surface area contributed by atoms with Crippen molar-refractivity contribution >= 4 is 28.3 Å². The molecule has 1 unspecified atom stereocenters. The third kappa shape index (κ3) is 2.60. The van der Waals surface area contributed by atoms with E-state index in [-0.39, 0.29) is 5.78 Å². The van der Waals surface area contributed by atoms with E-state index in [0.29, 0.717) is 23.6 Å². The predicted octanol–water partition coefficient (Wildman–Crippen LogP) is 2.68. The van der Waals surface area contributed by atoms with Crippen LogP contribution >= 0.6 is 11.6 Å². The second-order valence-electron chi connectivity index (χ2n) is 4.45. The minimum atomic E-state index is -0.494. The third-order valence-corrected chi connectivity index (χ3v) is 3.63. The fraction of sp³-hybridized carbons (Fsp3) is 0.357. The first-order valence-electron chi connectivity index (χ1n) is 6.19. The van der Waals surface area contributed by atoms with Crippen molar-refractivity contribution in [2.75, 3.05) is 7.11 Å². The summed E-state index contributed by atoms with van der Waals surface area (Å²) in [6.07, 6.45) is 2.76. The molecule has 0 fully saturated rings. The Hall–Kier alpha value is -1.52. The largest absolute Gasteiger partial charge is 0.495 e. The number of hydrogen-bond donors (Lipinski definition) is 2. The Bertz CT molecular complexity index is 607. The maximum atomic E-state index is 11.6. The summed E-state index contributed by atoms with van der Waals surface area (Å²) in [5.41, 5.74) is 7.74. The maximum absolute atomic E-state index is 11.6. The lowest BCUT2D eigenvalue weighted by Gasteiger charge is -2.10. The first-order chi connectivity index (χ1) is 9.08. The maximum Gasteiger partial charge on any atom is 0.149 e. The molecular formula is C14H17ClN2O2. The number of carbonyl (C=O) groups is 1. The van der Waals surface area contributed by atoms with Crippen LogP contribution in [0.15, 0.2) is 18.3 Å². The van der Waals surface area contributed by atoms with Gasteiger partial charge in [0.25, 0.3) is 0 Å². The number of rotatable bonds is 5. The average Bonchev–Trinajstić information content (AvgIpc) is 2.82. The molecule has 19 heavy (non-hydrogen) atoms. The van der Waals surface area contributed by atoms with Gasteiger partial charge in [-0.15, -0.1) is 0 Å². The van der Waals surface area contributed by atoms with Crippen molar-refractivity contribution in [3.63, 3.8) is 0 Å². The fourth-order valence-corrected chi connectivity index (χ4v) is 2.52. The summed E-state index contributed by atoms with van der Waals surface area (Å²) >= 11 is 6.31. The van der Waals surface area contributed by atoms with E-state index in [1.165, 1.54) is 0 Å². The van der Waals surface area contributed by atoms with Crippen molar-refractivity contribution in [1.82, 2.24) is 4.98 Å². The van der Waals surface area contributed by atoms with Gasteiger partial charge in [0.1, 0.15) is 11.5 Å². The van der Waals surface area contributed by atoms with Crippen LogP contribution < -0.4 is 10.5 Å². The highest BCUT2D eigenvalue weighted by atomic mass is 35.5. The Morgan fingerprint density at radius 3 is 2.89 bits per heavy atom. The Morgan fingerprint density at radius 2 is 2.26 bits per heavy atom. The number of Topliss-reactive ketones (excluding diaryl/α,β-unsaturated/α-hetero) is 1. The van der Waals surface area contributed by atoms with E-state index in [9.17, 15) is 4.79 Å². The fourth-order valence-electron chi connectivity index (χ4n) is 2.16. The standard InChI is InChI=1S/C14H17ClN2O2/c1-3-11(18)9(16)6-8-7-17-10-4-5-12(19-2)14(15)13(8)10/h4-5,7,9,17H,3,6,16H2,1-2H3. The van der Waals surface area contributed by atoms with Gasteiger partial charge in [-0.05, 0) is 24.1 Å². The summed E-state index contributed by atoms with van der Waals surface area (Å²) in [5, 5.41) is 1.42. The van der Waals surface area contributed by atoms with Crippen LogP contribution in [0.2, 0.25) is 5.02 Å². The highest BCUT2D eigenvalue weighted by molar-refractivity contribution is 6.37. The number of hydrogen-bond acceptors (Lipinski definition) is 3. The lowest BCUT2D eigenvalue weighted by molar-refractivity contribution is -0.119. The molecule has 0 amide bonds. The van der Waals surface area contributed by atoms with Gasteiger partial charge in [-0.1, -0.05) is 18.5 Å². The third-order valence-electron chi connectivity index (χ3n) is 3.25. The molecule has 5 heteroatoms. The lowest BCUT2D eigenvalue weighted by atomic mass is 10.0. The van der Waals surface area contributed by atoms with Crippen LogP contribution in [0.3, 0.4) is 0 Å². The zero-order chi connectivity index (χ0) is 14.0. The molecule has 0 bridgehead atoms. The number of carbonyl (C=O) groups excluding carboxylic acids is 1. The SMILES string of the molecule is CCC(=O)C(N)Cc1c[nH]c2ccc(OC)c(Cl)c12. The molecule has 4 nitrogen and oxygen atoms in total. The highest BCUT2D eigenvalue weighted by Gasteiger charge is 2.17. The van der Waals surface area contributed by atoms with Crippen LogP contribution in [0.25, 0.3) is 10.9 Å². The van der Waals surface area contributed by atoms with Crippen molar-refractivity contribution < 1.29 is 9.53 Å². The molecular weight excluding hydrogens is 264 g/mol. The minimum Gasteiger partial charge on any atom is -0.495 e. The zero-order valence-electron chi connectivity index (χ0n) is 11.0. The number of nitrogens with one attached hydrogen (secondary N) is 1. The molecule has 1 aromatic carbocycles. The van der Waals surface area contributed by atoms with E-state index < -0.39 is 6.04 Å². The molecule has 0 saturated heterocycles. The van der Waals surface area contributed by atoms with Crippen molar-refractivity contribution in [1.29, 1.82) is 0 Å². The second-order valence-corrected chi connectivity index (χ2v) is 4.83. The van der Waals surface area contributed by atoms with Gasteiger partial charge in [0.2, 0.25) is 0 Å². The predicted molar refractivity (Wildman–Crippen MR) is 76.8 cm³/mol.